The average Bonchev–Trinajstić information content (AvgIpc) is 2.84. The molecule has 3 nitrogen and oxygen atoms in total. The van der Waals surface area contributed by atoms with Crippen molar-refractivity contribution in [1.29, 1.82) is 0 Å². The molecule has 17 heavy (non-hydrogen) atoms. The molecule has 0 saturated heterocycles. The van der Waals surface area contributed by atoms with Gasteiger partial charge in [-0.05, 0) is 31.9 Å². The Labute approximate surface area is 109 Å². The Morgan fingerprint density at radius 2 is 2.35 bits per heavy atom. The Hall–Kier alpha value is -0.840. The van der Waals surface area contributed by atoms with Crippen LogP contribution in [0.5, 0.6) is 0 Å². The monoisotopic (exact) mass is 267 g/mol. The van der Waals surface area contributed by atoms with Crippen molar-refractivity contribution in [1.82, 2.24) is 9.55 Å². The van der Waals surface area contributed by atoms with Gasteiger partial charge in [0.15, 0.2) is 11.0 Å². The van der Waals surface area contributed by atoms with E-state index in [0.717, 1.165) is 30.9 Å². The molecule has 1 aliphatic rings. The van der Waals surface area contributed by atoms with Crippen molar-refractivity contribution in [2.24, 2.45) is 5.73 Å². The molecule has 2 aromatic heterocycles. The minimum Gasteiger partial charge on any atom is -0.325 e. The van der Waals surface area contributed by atoms with Gasteiger partial charge in [-0.1, -0.05) is 11.6 Å². The normalized spacial score (nSPS) is 19.4. The zero-order valence-corrected chi connectivity index (χ0v) is 11.2. The number of hydrogen-bond acceptors (Lipinski definition) is 3. The number of imidazole rings is 1. The first-order valence-corrected chi connectivity index (χ1v) is 6.94. The number of halogens is 1. The van der Waals surface area contributed by atoms with E-state index in [1.165, 1.54) is 9.75 Å². The number of thiophene rings is 1. The molecule has 90 valence electrons. The number of nitrogens with zero attached hydrogens (tertiary/aromatic N) is 2. The second-order valence-corrected chi connectivity index (χ2v) is 6.07. The Kier molecular flexibility index (Phi) is 2.73. The van der Waals surface area contributed by atoms with Gasteiger partial charge in [0.25, 0.3) is 0 Å². The number of aromatic nitrogens is 2. The highest BCUT2D eigenvalue weighted by atomic mass is 35.5. The SMILES string of the molecule is Cc1ccc(-c2nc(Cl)c3n2CCCC3N)s1. The maximum Gasteiger partial charge on any atom is 0.152 e. The first-order chi connectivity index (χ1) is 8.16. The van der Waals surface area contributed by atoms with Crippen LogP contribution in [0, 0.1) is 6.92 Å². The molecule has 0 aromatic carbocycles. The highest BCUT2D eigenvalue weighted by Crippen LogP contribution is 2.36. The molecule has 3 rings (SSSR count). The molecule has 0 spiro atoms. The molecule has 1 unspecified atom stereocenters. The summed E-state index contributed by atoms with van der Waals surface area (Å²) in [5.41, 5.74) is 7.10. The second-order valence-electron chi connectivity index (χ2n) is 4.42. The molecule has 0 amide bonds. The zero-order valence-electron chi connectivity index (χ0n) is 9.61. The molecule has 2 N–H and O–H groups in total. The van der Waals surface area contributed by atoms with Crippen molar-refractivity contribution in [3.8, 4) is 10.7 Å². The van der Waals surface area contributed by atoms with Crippen LogP contribution >= 0.6 is 22.9 Å². The fourth-order valence-electron chi connectivity index (χ4n) is 2.36. The third-order valence-electron chi connectivity index (χ3n) is 3.17. The van der Waals surface area contributed by atoms with Crippen molar-refractivity contribution in [2.75, 3.05) is 0 Å². The fraction of sp³-hybridized carbons (Fsp3) is 0.417. The number of rotatable bonds is 1. The maximum absolute atomic E-state index is 6.21. The van der Waals surface area contributed by atoms with Crippen LogP contribution in [0.15, 0.2) is 12.1 Å². The van der Waals surface area contributed by atoms with Crippen LogP contribution < -0.4 is 5.73 Å². The van der Waals surface area contributed by atoms with Crippen LogP contribution in [0.2, 0.25) is 5.15 Å². The zero-order chi connectivity index (χ0) is 12.0. The number of hydrogen-bond donors (Lipinski definition) is 1. The van der Waals surface area contributed by atoms with Crippen LogP contribution in [0.1, 0.15) is 29.5 Å². The summed E-state index contributed by atoms with van der Waals surface area (Å²) in [4.78, 5) is 6.94. The summed E-state index contributed by atoms with van der Waals surface area (Å²) in [5, 5.41) is 0.568. The van der Waals surface area contributed by atoms with E-state index in [-0.39, 0.29) is 6.04 Å². The van der Waals surface area contributed by atoms with E-state index in [2.05, 4.69) is 28.6 Å². The highest BCUT2D eigenvalue weighted by molar-refractivity contribution is 7.15. The van der Waals surface area contributed by atoms with Crippen molar-refractivity contribution in [3.63, 3.8) is 0 Å². The third kappa shape index (κ3) is 1.80. The summed E-state index contributed by atoms with van der Waals surface area (Å²) in [6.07, 6.45) is 2.09. The van der Waals surface area contributed by atoms with Crippen molar-refractivity contribution in [3.05, 3.63) is 27.9 Å². The summed E-state index contributed by atoms with van der Waals surface area (Å²) in [5.74, 6) is 0.971. The lowest BCUT2D eigenvalue weighted by Crippen LogP contribution is -2.21. The van der Waals surface area contributed by atoms with Crippen LogP contribution in [-0.2, 0) is 6.54 Å². The predicted molar refractivity (Wildman–Crippen MR) is 71.4 cm³/mol. The first kappa shape index (κ1) is 11.3. The Morgan fingerprint density at radius 3 is 3.06 bits per heavy atom. The topological polar surface area (TPSA) is 43.8 Å². The van der Waals surface area contributed by atoms with E-state index < -0.39 is 0 Å². The van der Waals surface area contributed by atoms with Gasteiger partial charge in [0.1, 0.15) is 0 Å². The average molecular weight is 268 g/mol. The largest absolute Gasteiger partial charge is 0.325 e. The van der Waals surface area contributed by atoms with Gasteiger partial charge >= 0.3 is 0 Å². The summed E-state index contributed by atoms with van der Waals surface area (Å²) >= 11 is 7.95. The fourth-order valence-corrected chi connectivity index (χ4v) is 3.55. The molecule has 0 aliphatic carbocycles. The lowest BCUT2D eigenvalue weighted by atomic mass is 10.1. The van der Waals surface area contributed by atoms with Crippen LogP contribution in [0.25, 0.3) is 10.7 Å². The number of aryl methyl sites for hydroxylation is 1. The number of nitrogens with two attached hydrogens (primary N) is 1. The molecule has 0 radical (unpaired) electrons. The lowest BCUT2D eigenvalue weighted by molar-refractivity contribution is 0.466. The Bertz CT molecular complexity index is 558. The van der Waals surface area contributed by atoms with Gasteiger partial charge in [-0.25, -0.2) is 4.98 Å². The molecule has 0 fully saturated rings. The lowest BCUT2D eigenvalue weighted by Gasteiger charge is -2.22. The molecule has 1 atom stereocenters. The quantitative estimate of drug-likeness (QED) is 0.861. The molecular formula is C12H14ClN3S. The third-order valence-corrected chi connectivity index (χ3v) is 4.45. The predicted octanol–water partition coefficient (Wildman–Crippen LogP) is 3.37. The van der Waals surface area contributed by atoms with Crippen LogP contribution in [0.3, 0.4) is 0 Å². The maximum atomic E-state index is 6.21. The highest BCUT2D eigenvalue weighted by Gasteiger charge is 2.25. The van der Waals surface area contributed by atoms with E-state index in [0.29, 0.717) is 5.15 Å². The number of fused-ring (bicyclic) bond motifs is 1. The molecule has 0 saturated carbocycles. The second kappa shape index (κ2) is 4.12. The Morgan fingerprint density at radius 1 is 1.53 bits per heavy atom. The van der Waals surface area contributed by atoms with E-state index in [4.69, 9.17) is 17.3 Å². The summed E-state index contributed by atoms with van der Waals surface area (Å²) < 4.78 is 2.18. The molecule has 3 heterocycles. The molecule has 5 heteroatoms. The summed E-state index contributed by atoms with van der Waals surface area (Å²) in [7, 11) is 0. The van der Waals surface area contributed by atoms with Gasteiger partial charge in [-0.15, -0.1) is 11.3 Å². The van der Waals surface area contributed by atoms with Gasteiger partial charge in [-0.3, -0.25) is 0 Å². The smallest absolute Gasteiger partial charge is 0.152 e. The van der Waals surface area contributed by atoms with Gasteiger partial charge in [-0.2, -0.15) is 0 Å². The molecule has 1 aliphatic heterocycles. The van der Waals surface area contributed by atoms with E-state index >= 15 is 0 Å². The summed E-state index contributed by atoms with van der Waals surface area (Å²) in [6, 6.07) is 4.24. The minimum absolute atomic E-state index is 0.0264. The van der Waals surface area contributed by atoms with E-state index in [1.54, 1.807) is 11.3 Å². The van der Waals surface area contributed by atoms with Gasteiger partial charge in [0.05, 0.1) is 10.6 Å². The standard InChI is InChI=1S/C12H14ClN3S/c1-7-4-5-9(17-7)12-15-11(13)10-8(14)3-2-6-16(10)12/h4-5,8H,2-3,6,14H2,1H3. The Balaban J connectivity index is 2.16. The van der Waals surface area contributed by atoms with Gasteiger partial charge < -0.3 is 10.3 Å². The van der Waals surface area contributed by atoms with Crippen LogP contribution in [0.4, 0.5) is 0 Å². The first-order valence-electron chi connectivity index (χ1n) is 5.75. The van der Waals surface area contributed by atoms with Crippen molar-refractivity contribution < 1.29 is 0 Å². The van der Waals surface area contributed by atoms with Gasteiger partial charge in [0.2, 0.25) is 0 Å². The van der Waals surface area contributed by atoms with E-state index in [9.17, 15) is 0 Å². The molecule has 0 bridgehead atoms. The molecule has 2 aromatic rings. The van der Waals surface area contributed by atoms with Crippen LogP contribution in [-0.4, -0.2) is 9.55 Å². The van der Waals surface area contributed by atoms with Gasteiger partial charge in [0, 0.05) is 17.5 Å². The van der Waals surface area contributed by atoms with Crippen molar-refractivity contribution >= 4 is 22.9 Å². The van der Waals surface area contributed by atoms with Crippen molar-refractivity contribution in [2.45, 2.75) is 32.4 Å². The van der Waals surface area contributed by atoms with E-state index in [1.807, 2.05) is 0 Å². The minimum atomic E-state index is 0.0264. The summed E-state index contributed by atoms with van der Waals surface area (Å²) in [6.45, 7) is 3.07. The molecular weight excluding hydrogens is 254 g/mol.